The number of aromatic nitrogens is 2. The monoisotopic (exact) mass is 416 g/mol. The lowest BCUT2D eigenvalue weighted by Gasteiger charge is -2.27. The minimum Gasteiger partial charge on any atom is -0.444 e. The first kappa shape index (κ1) is 21.8. The van der Waals surface area contributed by atoms with Crippen molar-refractivity contribution in [2.45, 2.75) is 39.5 Å². The number of nitrogens with zero attached hydrogens (tertiary/aromatic N) is 3. The highest BCUT2D eigenvalue weighted by atomic mass is 16.6. The van der Waals surface area contributed by atoms with Crippen LogP contribution in [0.25, 0.3) is 5.69 Å². The van der Waals surface area contributed by atoms with Gasteiger partial charge in [-0.1, -0.05) is 0 Å². The molecule has 0 saturated carbocycles. The van der Waals surface area contributed by atoms with Gasteiger partial charge in [0, 0.05) is 31.2 Å². The number of morpholine rings is 1. The van der Waals surface area contributed by atoms with Gasteiger partial charge in [0.1, 0.15) is 24.6 Å². The number of imidazole rings is 1. The Kier molecular flexibility index (Phi) is 6.73. The van der Waals surface area contributed by atoms with Crippen LogP contribution in [0.3, 0.4) is 0 Å². The number of hydrogen-bond donors (Lipinski definition) is 1. The number of alkyl carbamates (subject to hydrolysis) is 1. The van der Waals surface area contributed by atoms with Crippen LogP contribution in [0.2, 0.25) is 0 Å². The molecule has 0 atom stereocenters. The SMILES string of the molecule is COCc1nc(CNC(=O)OC(C)(C)C)cn1-c1ccc(N2CCOCC2=O)cc1. The first-order valence-corrected chi connectivity index (χ1v) is 9.78. The van der Waals surface area contributed by atoms with Crippen molar-refractivity contribution in [1.82, 2.24) is 14.9 Å². The van der Waals surface area contributed by atoms with Crippen molar-refractivity contribution in [3.8, 4) is 5.69 Å². The van der Waals surface area contributed by atoms with Gasteiger partial charge in [-0.2, -0.15) is 0 Å². The van der Waals surface area contributed by atoms with E-state index in [1.54, 1.807) is 12.0 Å². The molecule has 1 aliphatic rings. The molecule has 2 amide bonds. The lowest BCUT2D eigenvalue weighted by molar-refractivity contribution is -0.125. The third kappa shape index (κ3) is 5.58. The summed E-state index contributed by atoms with van der Waals surface area (Å²) in [5.74, 6) is 0.654. The fourth-order valence-electron chi connectivity index (χ4n) is 3.07. The molecule has 0 bridgehead atoms. The zero-order valence-corrected chi connectivity index (χ0v) is 17.8. The minimum atomic E-state index is -0.561. The Balaban J connectivity index is 1.74. The van der Waals surface area contributed by atoms with Gasteiger partial charge in [0.15, 0.2) is 0 Å². The van der Waals surface area contributed by atoms with Gasteiger partial charge in [-0.25, -0.2) is 9.78 Å². The Morgan fingerprint density at radius 3 is 2.57 bits per heavy atom. The van der Waals surface area contributed by atoms with Crippen molar-refractivity contribution in [3.05, 3.63) is 42.0 Å². The molecule has 1 aromatic heterocycles. The van der Waals surface area contributed by atoms with E-state index in [1.165, 1.54) is 0 Å². The summed E-state index contributed by atoms with van der Waals surface area (Å²) in [6.07, 6.45) is 1.35. The summed E-state index contributed by atoms with van der Waals surface area (Å²) in [5.41, 5.74) is 1.82. The largest absolute Gasteiger partial charge is 0.444 e. The summed E-state index contributed by atoms with van der Waals surface area (Å²) in [5, 5.41) is 2.71. The minimum absolute atomic E-state index is 0.0489. The Morgan fingerprint density at radius 1 is 1.23 bits per heavy atom. The molecule has 2 aromatic rings. The van der Waals surface area contributed by atoms with Crippen molar-refractivity contribution >= 4 is 17.7 Å². The number of benzene rings is 1. The second kappa shape index (κ2) is 9.27. The van der Waals surface area contributed by atoms with Crippen LogP contribution in [0.4, 0.5) is 10.5 Å². The summed E-state index contributed by atoms with van der Waals surface area (Å²) >= 11 is 0. The highest BCUT2D eigenvalue weighted by Gasteiger charge is 2.20. The van der Waals surface area contributed by atoms with E-state index in [4.69, 9.17) is 14.2 Å². The molecular weight excluding hydrogens is 388 g/mol. The third-order valence-electron chi connectivity index (χ3n) is 4.34. The van der Waals surface area contributed by atoms with Crippen LogP contribution in [-0.4, -0.2) is 54.0 Å². The van der Waals surface area contributed by atoms with Gasteiger partial charge in [-0.3, -0.25) is 4.79 Å². The summed E-state index contributed by atoms with van der Waals surface area (Å²) in [6.45, 7) is 7.16. The van der Waals surface area contributed by atoms with E-state index in [9.17, 15) is 9.59 Å². The molecule has 1 saturated heterocycles. The molecule has 0 spiro atoms. The summed E-state index contributed by atoms with van der Waals surface area (Å²) in [7, 11) is 1.60. The Hall–Kier alpha value is -2.91. The molecular formula is C21H28N4O5. The molecule has 0 unspecified atom stereocenters. The number of carbonyl (C=O) groups excluding carboxylic acids is 2. The molecule has 30 heavy (non-hydrogen) atoms. The molecule has 162 valence electrons. The van der Waals surface area contributed by atoms with Gasteiger partial charge < -0.3 is 29.0 Å². The van der Waals surface area contributed by atoms with Gasteiger partial charge >= 0.3 is 6.09 Å². The Morgan fingerprint density at radius 2 is 1.93 bits per heavy atom. The standard InChI is InChI=1S/C21H28N4O5/c1-21(2,3)30-20(27)22-11-15-12-25(18(23-15)13-28-4)17-7-5-16(6-8-17)24-9-10-29-14-19(24)26/h5-8,12H,9-11,13-14H2,1-4H3,(H,22,27). The van der Waals surface area contributed by atoms with E-state index in [0.717, 1.165) is 11.4 Å². The molecule has 9 nitrogen and oxygen atoms in total. The predicted molar refractivity (Wildman–Crippen MR) is 111 cm³/mol. The van der Waals surface area contributed by atoms with E-state index in [-0.39, 0.29) is 19.1 Å². The number of nitrogens with one attached hydrogen (secondary N) is 1. The van der Waals surface area contributed by atoms with Crippen LogP contribution in [-0.2, 0) is 32.2 Å². The molecule has 0 radical (unpaired) electrons. The van der Waals surface area contributed by atoms with Crippen LogP contribution < -0.4 is 10.2 Å². The zero-order chi connectivity index (χ0) is 21.7. The van der Waals surface area contributed by atoms with Gasteiger partial charge in [0.05, 0.1) is 18.8 Å². The second-order valence-electron chi connectivity index (χ2n) is 7.92. The molecule has 1 N–H and O–H groups in total. The van der Waals surface area contributed by atoms with Crippen molar-refractivity contribution in [2.24, 2.45) is 0 Å². The quantitative estimate of drug-likeness (QED) is 0.777. The topological polar surface area (TPSA) is 94.9 Å². The molecule has 2 heterocycles. The average molecular weight is 416 g/mol. The fourth-order valence-corrected chi connectivity index (χ4v) is 3.07. The van der Waals surface area contributed by atoms with Crippen LogP contribution >= 0.6 is 0 Å². The predicted octanol–water partition coefficient (Wildman–Crippen LogP) is 2.41. The van der Waals surface area contributed by atoms with Crippen molar-refractivity contribution in [2.75, 3.05) is 31.8 Å². The fraction of sp³-hybridized carbons (Fsp3) is 0.476. The van der Waals surface area contributed by atoms with E-state index in [0.29, 0.717) is 31.3 Å². The maximum absolute atomic E-state index is 12.0. The number of amides is 2. The maximum Gasteiger partial charge on any atom is 0.407 e. The molecule has 1 fully saturated rings. The van der Waals surface area contributed by atoms with Crippen molar-refractivity contribution < 1.29 is 23.8 Å². The number of rotatable bonds is 6. The van der Waals surface area contributed by atoms with Crippen LogP contribution in [0.5, 0.6) is 0 Å². The Labute approximate surface area is 175 Å². The summed E-state index contributed by atoms with van der Waals surface area (Å²) in [4.78, 5) is 30.2. The van der Waals surface area contributed by atoms with E-state index in [1.807, 2.05) is 55.8 Å². The Bertz CT molecular complexity index is 886. The van der Waals surface area contributed by atoms with Crippen molar-refractivity contribution in [1.29, 1.82) is 0 Å². The van der Waals surface area contributed by atoms with Gasteiger partial charge in [-0.15, -0.1) is 0 Å². The smallest absolute Gasteiger partial charge is 0.407 e. The van der Waals surface area contributed by atoms with Gasteiger partial charge in [-0.05, 0) is 45.0 Å². The van der Waals surface area contributed by atoms with Crippen LogP contribution in [0.15, 0.2) is 30.5 Å². The molecule has 1 aliphatic heterocycles. The normalized spacial score (nSPS) is 14.7. The van der Waals surface area contributed by atoms with E-state index < -0.39 is 11.7 Å². The zero-order valence-electron chi connectivity index (χ0n) is 17.8. The van der Waals surface area contributed by atoms with Crippen LogP contribution in [0, 0.1) is 0 Å². The maximum atomic E-state index is 12.0. The number of ether oxygens (including phenoxy) is 3. The summed E-state index contributed by atoms with van der Waals surface area (Å²) in [6, 6.07) is 7.63. The van der Waals surface area contributed by atoms with Crippen molar-refractivity contribution in [3.63, 3.8) is 0 Å². The van der Waals surface area contributed by atoms with Gasteiger partial charge in [0.2, 0.25) is 0 Å². The highest BCUT2D eigenvalue weighted by molar-refractivity contribution is 5.94. The van der Waals surface area contributed by atoms with Crippen LogP contribution in [0.1, 0.15) is 32.3 Å². The first-order valence-electron chi connectivity index (χ1n) is 9.78. The highest BCUT2D eigenvalue weighted by Crippen LogP contribution is 2.21. The summed E-state index contributed by atoms with van der Waals surface area (Å²) < 4.78 is 17.6. The number of carbonyl (C=O) groups is 2. The first-order chi connectivity index (χ1) is 14.3. The number of anilines is 1. The molecule has 9 heteroatoms. The molecule has 0 aliphatic carbocycles. The molecule has 3 rings (SSSR count). The van der Waals surface area contributed by atoms with E-state index in [2.05, 4.69) is 10.3 Å². The second-order valence-corrected chi connectivity index (χ2v) is 7.92. The average Bonchev–Trinajstić information content (AvgIpc) is 3.09. The van der Waals surface area contributed by atoms with Gasteiger partial charge in [0.25, 0.3) is 5.91 Å². The number of hydrogen-bond acceptors (Lipinski definition) is 6. The number of methoxy groups -OCH3 is 1. The lowest BCUT2D eigenvalue weighted by atomic mass is 10.2. The third-order valence-corrected chi connectivity index (χ3v) is 4.34. The molecule has 1 aromatic carbocycles. The lowest BCUT2D eigenvalue weighted by Crippen LogP contribution is -2.41. The van der Waals surface area contributed by atoms with E-state index >= 15 is 0 Å².